The number of nitro benzene ring substituents is 1. The van der Waals surface area contributed by atoms with Crippen molar-refractivity contribution in [3.63, 3.8) is 0 Å². The highest BCUT2D eigenvalue weighted by Crippen LogP contribution is 2.24. The second-order valence-electron chi connectivity index (χ2n) is 4.59. The topological polar surface area (TPSA) is 136 Å². The maximum Gasteiger partial charge on any atom is 0.320 e. The van der Waals surface area contributed by atoms with E-state index >= 15 is 0 Å². The molecule has 21 heavy (non-hydrogen) atoms. The fourth-order valence-electron chi connectivity index (χ4n) is 1.82. The van der Waals surface area contributed by atoms with Gasteiger partial charge >= 0.3 is 5.97 Å². The highest BCUT2D eigenvalue weighted by molar-refractivity contribution is 5.78. The third kappa shape index (κ3) is 4.84. The van der Waals surface area contributed by atoms with E-state index in [4.69, 9.17) is 10.8 Å². The monoisotopic (exact) mass is 295 g/mol. The molecular formula is C13H17N3O5. The van der Waals surface area contributed by atoms with E-state index in [9.17, 15) is 19.7 Å². The number of nitro groups is 1. The molecule has 1 amide bonds. The van der Waals surface area contributed by atoms with E-state index in [1.807, 2.05) is 0 Å². The van der Waals surface area contributed by atoms with E-state index in [2.05, 4.69) is 5.32 Å². The number of amides is 1. The number of carbonyl (C=O) groups excluding carboxylic acids is 1. The van der Waals surface area contributed by atoms with Gasteiger partial charge in [0.1, 0.15) is 6.04 Å². The maximum atomic E-state index is 11.7. The van der Waals surface area contributed by atoms with Gasteiger partial charge in [0.2, 0.25) is 5.91 Å². The van der Waals surface area contributed by atoms with Crippen molar-refractivity contribution in [2.75, 3.05) is 0 Å². The average Bonchev–Trinajstić information content (AvgIpc) is 2.44. The molecule has 0 saturated carbocycles. The smallest absolute Gasteiger partial charge is 0.320 e. The maximum absolute atomic E-state index is 11.7. The largest absolute Gasteiger partial charge is 0.480 e. The van der Waals surface area contributed by atoms with Crippen molar-refractivity contribution in [2.24, 2.45) is 5.73 Å². The van der Waals surface area contributed by atoms with E-state index < -0.39 is 28.9 Å². The molecule has 0 aliphatic heterocycles. The first-order valence-electron chi connectivity index (χ1n) is 6.34. The fourth-order valence-corrected chi connectivity index (χ4v) is 1.82. The van der Waals surface area contributed by atoms with Gasteiger partial charge in [-0.05, 0) is 13.3 Å². The Balaban J connectivity index is 2.65. The minimum atomic E-state index is -1.17. The zero-order valence-electron chi connectivity index (χ0n) is 11.5. The Hall–Kier alpha value is -2.48. The lowest BCUT2D eigenvalue weighted by atomic mass is 10.1. The Morgan fingerprint density at radius 2 is 2.05 bits per heavy atom. The zero-order chi connectivity index (χ0) is 16.0. The summed E-state index contributed by atoms with van der Waals surface area (Å²) in [5.41, 5.74) is 5.61. The van der Waals surface area contributed by atoms with Crippen LogP contribution in [0.5, 0.6) is 0 Å². The number of nitrogens with zero attached hydrogens (tertiary/aromatic N) is 1. The number of carbonyl (C=O) groups is 2. The standard InChI is InChI=1S/C13H17N3O5/c1-8(9-4-2-3-5-11(9)16(20)21)15-12(17)7-6-10(14)13(18)19/h2-5,8,10H,6-7,14H2,1H3,(H,15,17)(H,18,19)/t8?,10-/m0/s1. The van der Waals surface area contributed by atoms with Gasteiger partial charge < -0.3 is 16.2 Å². The molecule has 2 atom stereocenters. The normalized spacial score (nSPS) is 13.2. The first-order chi connectivity index (χ1) is 9.82. The molecule has 114 valence electrons. The van der Waals surface area contributed by atoms with Crippen LogP contribution in [0.3, 0.4) is 0 Å². The SMILES string of the molecule is CC(NC(=O)CC[C@H](N)C(=O)O)c1ccccc1[N+](=O)[O-]. The van der Waals surface area contributed by atoms with E-state index in [-0.39, 0.29) is 18.5 Å². The van der Waals surface area contributed by atoms with Gasteiger partial charge in [0.05, 0.1) is 16.5 Å². The Labute approximate surface area is 121 Å². The number of para-hydroxylation sites is 1. The fraction of sp³-hybridized carbons (Fsp3) is 0.385. The number of benzene rings is 1. The molecule has 4 N–H and O–H groups in total. The van der Waals surface area contributed by atoms with Crippen molar-refractivity contribution in [1.29, 1.82) is 0 Å². The first-order valence-corrected chi connectivity index (χ1v) is 6.34. The minimum Gasteiger partial charge on any atom is -0.480 e. The second kappa shape index (κ2) is 7.34. The van der Waals surface area contributed by atoms with Gasteiger partial charge in [0.25, 0.3) is 5.69 Å². The highest BCUT2D eigenvalue weighted by atomic mass is 16.6. The van der Waals surface area contributed by atoms with Gasteiger partial charge in [-0.2, -0.15) is 0 Å². The van der Waals surface area contributed by atoms with Crippen molar-refractivity contribution in [1.82, 2.24) is 5.32 Å². The summed E-state index contributed by atoms with van der Waals surface area (Å²) < 4.78 is 0. The molecule has 1 rings (SSSR count). The van der Waals surface area contributed by atoms with Gasteiger partial charge in [-0.25, -0.2) is 0 Å². The predicted octanol–water partition coefficient (Wildman–Crippen LogP) is 0.964. The molecule has 8 heteroatoms. The van der Waals surface area contributed by atoms with Gasteiger partial charge in [-0.3, -0.25) is 19.7 Å². The van der Waals surface area contributed by atoms with Gasteiger partial charge in [-0.15, -0.1) is 0 Å². The molecule has 0 aliphatic carbocycles. The van der Waals surface area contributed by atoms with Crippen molar-refractivity contribution in [3.05, 3.63) is 39.9 Å². The lowest BCUT2D eigenvalue weighted by Crippen LogP contribution is -2.33. The molecule has 1 aromatic carbocycles. The number of hydrogen-bond donors (Lipinski definition) is 3. The summed E-state index contributed by atoms with van der Waals surface area (Å²) in [7, 11) is 0. The summed E-state index contributed by atoms with van der Waals surface area (Å²) in [6, 6.07) is 4.45. The van der Waals surface area contributed by atoms with E-state index in [1.54, 1.807) is 25.1 Å². The molecule has 0 bridgehead atoms. The number of nitrogens with one attached hydrogen (secondary N) is 1. The van der Waals surface area contributed by atoms with Crippen molar-refractivity contribution in [3.8, 4) is 0 Å². The van der Waals surface area contributed by atoms with Gasteiger partial charge in [0.15, 0.2) is 0 Å². The first kappa shape index (κ1) is 16.6. The molecular weight excluding hydrogens is 278 g/mol. The van der Waals surface area contributed by atoms with Crippen molar-refractivity contribution >= 4 is 17.6 Å². The molecule has 0 aromatic heterocycles. The second-order valence-corrected chi connectivity index (χ2v) is 4.59. The lowest BCUT2D eigenvalue weighted by Gasteiger charge is -2.15. The summed E-state index contributed by atoms with van der Waals surface area (Å²) >= 11 is 0. The number of nitrogens with two attached hydrogens (primary N) is 1. The molecule has 0 radical (unpaired) electrons. The van der Waals surface area contributed by atoms with Crippen LogP contribution in [0.4, 0.5) is 5.69 Å². The number of carboxylic acid groups (broad SMARTS) is 1. The van der Waals surface area contributed by atoms with Gasteiger partial charge in [-0.1, -0.05) is 18.2 Å². The molecule has 8 nitrogen and oxygen atoms in total. The third-order valence-corrected chi connectivity index (χ3v) is 2.98. The van der Waals surface area contributed by atoms with Crippen LogP contribution in [0.2, 0.25) is 0 Å². The zero-order valence-corrected chi connectivity index (χ0v) is 11.5. The predicted molar refractivity (Wildman–Crippen MR) is 74.5 cm³/mol. The average molecular weight is 295 g/mol. The Morgan fingerprint density at radius 1 is 1.43 bits per heavy atom. The third-order valence-electron chi connectivity index (χ3n) is 2.98. The molecule has 0 fully saturated rings. The lowest BCUT2D eigenvalue weighted by molar-refractivity contribution is -0.385. The van der Waals surface area contributed by atoms with Crippen LogP contribution in [-0.2, 0) is 9.59 Å². The Kier molecular flexibility index (Phi) is 5.79. The molecule has 1 unspecified atom stereocenters. The summed E-state index contributed by atoms with van der Waals surface area (Å²) in [5.74, 6) is -1.58. The van der Waals surface area contributed by atoms with Crippen LogP contribution in [0, 0.1) is 10.1 Å². The Morgan fingerprint density at radius 3 is 2.62 bits per heavy atom. The molecule has 0 spiro atoms. The van der Waals surface area contributed by atoms with Crippen molar-refractivity contribution < 1.29 is 19.6 Å². The summed E-state index contributed by atoms with van der Waals surface area (Å²) in [5, 5.41) is 22.1. The minimum absolute atomic E-state index is 0.00473. The summed E-state index contributed by atoms with van der Waals surface area (Å²) in [6.45, 7) is 1.62. The van der Waals surface area contributed by atoms with Crippen LogP contribution in [-0.4, -0.2) is 27.9 Å². The van der Waals surface area contributed by atoms with Gasteiger partial charge in [0, 0.05) is 12.5 Å². The molecule has 0 saturated heterocycles. The summed E-state index contributed by atoms with van der Waals surface area (Å²) in [6.07, 6.45) is -0.0524. The summed E-state index contributed by atoms with van der Waals surface area (Å²) in [4.78, 5) is 32.6. The molecule has 0 heterocycles. The van der Waals surface area contributed by atoms with Crippen LogP contribution in [0.1, 0.15) is 31.4 Å². The van der Waals surface area contributed by atoms with Crippen LogP contribution in [0.25, 0.3) is 0 Å². The highest BCUT2D eigenvalue weighted by Gasteiger charge is 2.20. The van der Waals surface area contributed by atoms with E-state index in [0.717, 1.165) is 0 Å². The van der Waals surface area contributed by atoms with Crippen molar-refractivity contribution in [2.45, 2.75) is 31.8 Å². The molecule has 1 aromatic rings. The number of carboxylic acids is 1. The molecule has 0 aliphatic rings. The quantitative estimate of drug-likeness (QED) is 0.506. The van der Waals surface area contributed by atoms with Crippen LogP contribution in [0.15, 0.2) is 24.3 Å². The number of rotatable bonds is 7. The number of hydrogen-bond acceptors (Lipinski definition) is 5. The number of aliphatic carboxylic acids is 1. The van der Waals surface area contributed by atoms with Crippen LogP contribution < -0.4 is 11.1 Å². The van der Waals surface area contributed by atoms with E-state index in [0.29, 0.717) is 5.56 Å². The Bertz CT molecular complexity index is 546. The van der Waals surface area contributed by atoms with E-state index in [1.165, 1.54) is 6.07 Å². The van der Waals surface area contributed by atoms with Crippen LogP contribution >= 0.6 is 0 Å².